The zero-order valence-electron chi connectivity index (χ0n) is 11.3. The van der Waals surface area contributed by atoms with Crippen molar-refractivity contribution in [3.8, 4) is 0 Å². The van der Waals surface area contributed by atoms with Crippen molar-refractivity contribution in [3.05, 3.63) is 0 Å². The highest BCUT2D eigenvalue weighted by molar-refractivity contribution is 5.73. The van der Waals surface area contributed by atoms with Gasteiger partial charge in [0.1, 0.15) is 0 Å². The summed E-state index contributed by atoms with van der Waals surface area (Å²) in [6, 6.07) is 0. The van der Waals surface area contributed by atoms with Gasteiger partial charge < -0.3 is 9.47 Å². The van der Waals surface area contributed by atoms with E-state index in [1.54, 1.807) is 7.11 Å². The van der Waals surface area contributed by atoms with Crippen LogP contribution in [0.5, 0.6) is 0 Å². The molecule has 0 aliphatic carbocycles. The van der Waals surface area contributed by atoms with E-state index in [4.69, 9.17) is 9.47 Å². The first-order valence-electron chi connectivity index (χ1n) is 6.09. The molecule has 16 heavy (non-hydrogen) atoms. The van der Waals surface area contributed by atoms with E-state index in [0.717, 1.165) is 19.3 Å². The Hall–Kier alpha value is -0.570. The van der Waals surface area contributed by atoms with Crippen LogP contribution >= 0.6 is 0 Å². The van der Waals surface area contributed by atoms with Crippen molar-refractivity contribution in [2.75, 3.05) is 20.3 Å². The molecule has 0 saturated heterocycles. The minimum absolute atomic E-state index is 0.113. The largest absolute Gasteiger partial charge is 0.465 e. The smallest absolute Gasteiger partial charge is 0.311 e. The van der Waals surface area contributed by atoms with Gasteiger partial charge in [-0.25, -0.2) is 0 Å². The van der Waals surface area contributed by atoms with Crippen molar-refractivity contribution in [2.24, 2.45) is 11.3 Å². The molecule has 0 fully saturated rings. The third-order valence-corrected chi connectivity index (χ3v) is 2.66. The van der Waals surface area contributed by atoms with Crippen molar-refractivity contribution in [3.63, 3.8) is 0 Å². The van der Waals surface area contributed by atoms with Gasteiger partial charge in [0.25, 0.3) is 0 Å². The Kier molecular flexibility index (Phi) is 7.39. The molecule has 3 nitrogen and oxygen atoms in total. The van der Waals surface area contributed by atoms with Gasteiger partial charge in [0.15, 0.2) is 0 Å². The summed E-state index contributed by atoms with van der Waals surface area (Å²) in [5.41, 5.74) is -0.113. The highest BCUT2D eigenvalue weighted by Gasteiger charge is 2.32. The van der Waals surface area contributed by atoms with Crippen molar-refractivity contribution in [1.82, 2.24) is 0 Å². The Balaban J connectivity index is 4.08. The molecule has 0 aromatic heterocycles. The molecule has 0 amide bonds. The fourth-order valence-electron chi connectivity index (χ4n) is 1.46. The third kappa shape index (κ3) is 6.11. The van der Waals surface area contributed by atoms with Crippen LogP contribution in [0, 0.1) is 11.3 Å². The number of unbranched alkanes of at least 4 members (excludes halogenated alkanes) is 2. The zero-order valence-corrected chi connectivity index (χ0v) is 11.3. The molecule has 3 heteroatoms. The number of carbonyl (C=O) groups is 1. The lowest BCUT2D eigenvalue weighted by molar-refractivity contribution is -0.155. The number of carbonyl (C=O) groups excluding carboxylic acids is 1. The number of methoxy groups -OCH3 is 1. The molecule has 0 spiro atoms. The minimum Gasteiger partial charge on any atom is -0.465 e. The molecule has 0 heterocycles. The van der Waals surface area contributed by atoms with E-state index in [1.165, 1.54) is 0 Å². The molecule has 0 aromatic rings. The van der Waals surface area contributed by atoms with Crippen LogP contribution in [-0.2, 0) is 14.3 Å². The second-order valence-electron chi connectivity index (χ2n) is 5.25. The van der Waals surface area contributed by atoms with Crippen LogP contribution in [0.3, 0.4) is 0 Å². The lowest BCUT2D eigenvalue weighted by Crippen LogP contribution is -2.34. The average Bonchev–Trinajstić information content (AvgIpc) is 2.19. The van der Waals surface area contributed by atoms with Crippen LogP contribution in [0.2, 0.25) is 0 Å². The summed E-state index contributed by atoms with van der Waals surface area (Å²) in [4.78, 5) is 11.8. The standard InChI is InChI=1S/C13H26O3/c1-6-7-8-9-16-12(14)11(10-15-5)13(2,3)4/h11H,6-10H2,1-5H3. The van der Waals surface area contributed by atoms with Crippen molar-refractivity contribution >= 4 is 5.97 Å². The highest BCUT2D eigenvalue weighted by Crippen LogP contribution is 2.27. The van der Waals surface area contributed by atoms with E-state index in [9.17, 15) is 4.79 Å². The van der Waals surface area contributed by atoms with E-state index in [2.05, 4.69) is 6.92 Å². The van der Waals surface area contributed by atoms with Crippen molar-refractivity contribution in [2.45, 2.75) is 47.0 Å². The number of esters is 1. The van der Waals surface area contributed by atoms with Crippen LogP contribution in [0.25, 0.3) is 0 Å². The van der Waals surface area contributed by atoms with Gasteiger partial charge in [-0.2, -0.15) is 0 Å². The monoisotopic (exact) mass is 230 g/mol. The number of ether oxygens (including phenoxy) is 2. The van der Waals surface area contributed by atoms with E-state index in [1.807, 2.05) is 20.8 Å². The third-order valence-electron chi connectivity index (χ3n) is 2.66. The molecule has 1 atom stereocenters. The minimum atomic E-state index is -0.181. The Morgan fingerprint density at radius 3 is 2.31 bits per heavy atom. The van der Waals surface area contributed by atoms with Gasteiger partial charge in [-0.15, -0.1) is 0 Å². The highest BCUT2D eigenvalue weighted by atomic mass is 16.5. The molecule has 0 aromatic carbocycles. The lowest BCUT2D eigenvalue weighted by Gasteiger charge is -2.28. The van der Waals surface area contributed by atoms with Crippen LogP contribution in [-0.4, -0.2) is 26.3 Å². The second-order valence-corrected chi connectivity index (χ2v) is 5.25. The molecular weight excluding hydrogens is 204 g/mol. The van der Waals surface area contributed by atoms with Gasteiger partial charge in [-0.1, -0.05) is 40.5 Å². The molecule has 0 bridgehead atoms. The van der Waals surface area contributed by atoms with E-state index in [0.29, 0.717) is 13.2 Å². The zero-order chi connectivity index (χ0) is 12.6. The van der Waals surface area contributed by atoms with Gasteiger partial charge in [0.2, 0.25) is 0 Å². The fourth-order valence-corrected chi connectivity index (χ4v) is 1.46. The van der Waals surface area contributed by atoms with Crippen LogP contribution in [0.1, 0.15) is 47.0 Å². The Morgan fingerprint density at radius 2 is 1.88 bits per heavy atom. The van der Waals surface area contributed by atoms with Gasteiger partial charge in [-0.3, -0.25) is 4.79 Å². The second kappa shape index (κ2) is 7.66. The summed E-state index contributed by atoms with van der Waals surface area (Å²) in [5, 5.41) is 0. The quantitative estimate of drug-likeness (QED) is 0.498. The average molecular weight is 230 g/mol. The van der Waals surface area contributed by atoms with E-state index < -0.39 is 0 Å². The molecule has 0 saturated carbocycles. The number of hydrogen-bond acceptors (Lipinski definition) is 3. The maximum Gasteiger partial charge on any atom is 0.311 e. The summed E-state index contributed by atoms with van der Waals surface area (Å²) < 4.78 is 10.3. The summed E-state index contributed by atoms with van der Waals surface area (Å²) in [7, 11) is 1.61. The SMILES string of the molecule is CCCCCOC(=O)C(COC)C(C)(C)C. The maximum atomic E-state index is 11.8. The Morgan fingerprint density at radius 1 is 1.25 bits per heavy atom. The summed E-state index contributed by atoms with van der Waals surface area (Å²) in [6.45, 7) is 9.18. The van der Waals surface area contributed by atoms with Crippen molar-refractivity contribution < 1.29 is 14.3 Å². The molecule has 0 aliphatic rings. The first kappa shape index (κ1) is 15.4. The van der Waals surface area contributed by atoms with Gasteiger partial charge in [-0.05, 0) is 11.8 Å². The maximum absolute atomic E-state index is 11.8. The normalized spacial score (nSPS) is 13.6. The van der Waals surface area contributed by atoms with Crippen molar-refractivity contribution in [1.29, 1.82) is 0 Å². The van der Waals surface area contributed by atoms with Crippen LogP contribution in [0.4, 0.5) is 0 Å². The topological polar surface area (TPSA) is 35.5 Å². The molecule has 0 aliphatic heterocycles. The predicted octanol–water partition coefficient (Wildman–Crippen LogP) is 3.03. The van der Waals surface area contributed by atoms with E-state index >= 15 is 0 Å². The number of rotatable bonds is 7. The summed E-state index contributed by atoms with van der Waals surface area (Å²) >= 11 is 0. The first-order chi connectivity index (χ1) is 7.43. The molecule has 1 unspecified atom stereocenters. The number of hydrogen-bond donors (Lipinski definition) is 0. The fraction of sp³-hybridized carbons (Fsp3) is 0.923. The van der Waals surface area contributed by atoms with Gasteiger partial charge >= 0.3 is 5.97 Å². The van der Waals surface area contributed by atoms with E-state index in [-0.39, 0.29) is 17.3 Å². The summed E-state index contributed by atoms with van der Waals surface area (Å²) in [6.07, 6.45) is 3.20. The Labute approximate surface area is 99.5 Å². The molecular formula is C13H26O3. The van der Waals surface area contributed by atoms with Crippen LogP contribution < -0.4 is 0 Å². The van der Waals surface area contributed by atoms with Gasteiger partial charge in [0.05, 0.1) is 19.1 Å². The molecule has 0 radical (unpaired) electrons. The van der Waals surface area contributed by atoms with Gasteiger partial charge in [0, 0.05) is 7.11 Å². The summed E-state index contributed by atoms with van der Waals surface area (Å²) in [5.74, 6) is -0.315. The Bertz CT molecular complexity index is 194. The first-order valence-corrected chi connectivity index (χ1v) is 6.09. The molecule has 0 N–H and O–H groups in total. The lowest BCUT2D eigenvalue weighted by atomic mass is 9.81. The van der Waals surface area contributed by atoms with Crippen LogP contribution in [0.15, 0.2) is 0 Å². The molecule has 0 rings (SSSR count). The molecule has 96 valence electrons. The predicted molar refractivity (Wildman–Crippen MR) is 65.3 cm³/mol.